The van der Waals surface area contributed by atoms with Crippen LogP contribution in [0.25, 0.3) is 0 Å². The lowest BCUT2D eigenvalue weighted by atomic mass is 10.1. The van der Waals surface area contributed by atoms with Crippen molar-refractivity contribution in [3.05, 3.63) is 29.8 Å². The second-order valence-electron chi connectivity index (χ2n) is 3.86. The van der Waals surface area contributed by atoms with Gasteiger partial charge >= 0.3 is 0 Å². The van der Waals surface area contributed by atoms with Crippen molar-refractivity contribution < 1.29 is 5.21 Å². The average molecular weight is 207 g/mol. The molecule has 15 heavy (non-hydrogen) atoms. The summed E-state index contributed by atoms with van der Waals surface area (Å²) >= 11 is 0. The van der Waals surface area contributed by atoms with E-state index >= 15 is 0 Å². The molecule has 1 aromatic rings. The zero-order chi connectivity index (χ0) is 11.1. The molecule has 0 spiro atoms. The lowest BCUT2D eigenvalue weighted by Crippen LogP contribution is -2.20. The van der Waals surface area contributed by atoms with Gasteiger partial charge in [0.15, 0.2) is 0 Å². The summed E-state index contributed by atoms with van der Waals surface area (Å²) < 4.78 is 0. The summed E-state index contributed by atoms with van der Waals surface area (Å²) in [5, 5.41) is 11.3. The molecule has 0 unspecified atom stereocenters. The van der Waals surface area contributed by atoms with Crippen molar-refractivity contribution in [1.29, 1.82) is 0 Å². The van der Waals surface area contributed by atoms with Gasteiger partial charge in [0, 0.05) is 6.54 Å². The van der Waals surface area contributed by atoms with E-state index in [4.69, 9.17) is 0 Å². The van der Waals surface area contributed by atoms with Gasteiger partial charge in [0.25, 0.3) is 0 Å². The highest BCUT2D eigenvalue weighted by atomic mass is 16.5. The molecule has 0 amide bonds. The summed E-state index contributed by atoms with van der Waals surface area (Å²) in [5.74, 6) is 0. The quantitative estimate of drug-likeness (QED) is 0.720. The van der Waals surface area contributed by atoms with Gasteiger partial charge in [-0.2, -0.15) is 0 Å². The Kier molecular flexibility index (Phi) is 5.19. The van der Waals surface area contributed by atoms with Crippen LogP contribution in [0.4, 0.5) is 5.69 Å². The molecule has 0 radical (unpaired) electrons. The van der Waals surface area contributed by atoms with Crippen LogP contribution in [0.1, 0.15) is 38.7 Å². The maximum atomic E-state index is 9.89. The summed E-state index contributed by atoms with van der Waals surface area (Å²) in [5.41, 5.74) is 2.20. The molecule has 0 aliphatic carbocycles. The molecule has 0 fully saturated rings. The van der Waals surface area contributed by atoms with Crippen LogP contribution in [0.2, 0.25) is 0 Å². The van der Waals surface area contributed by atoms with Crippen LogP contribution in [0.3, 0.4) is 0 Å². The molecule has 2 heteroatoms. The van der Waals surface area contributed by atoms with Gasteiger partial charge in [-0.15, -0.1) is 0 Å². The largest absolute Gasteiger partial charge is 0.288 e. The van der Waals surface area contributed by atoms with E-state index in [1.807, 2.05) is 18.2 Å². The summed E-state index contributed by atoms with van der Waals surface area (Å²) in [6, 6.07) is 8.08. The molecule has 0 aliphatic heterocycles. The highest BCUT2D eigenvalue weighted by Crippen LogP contribution is 2.20. The second kappa shape index (κ2) is 6.46. The van der Waals surface area contributed by atoms with Crippen LogP contribution >= 0.6 is 0 Å². The van der Waals surface area contributed by atoms with Crippen LogP contribution < -0.4 is 5.06 Å². The molecule has 0 bridgehead atoms. The summed E-state index contributed by atoms with van der Waals surface area (Å²) in [6.07, 6.45) is 4.27. The van der Waals surface area contributed by atoms with E-state index in [9.17, 15) is 5.21 Å². The fourth-order valence-corrected chi connectivity index (χ4v) is 1.67. The van der Waals surface area contributed by atoms with Gasteiger partial charge < -0.3 is 0 Å². The maximum absolute atomic E-state index is 9.89. The monoisotopic (exact) mass is 207 g/mol. The topological polar surface area (TPSA) is 23.5 Å². The Morgan fingerprint density at radius 1 is 1.13 bits per heavy atom. The van der Waals surface area contributed by atoms with Crippen molar-refractivity contribution in [2.75, 3.05) is 11.6 Å². The fraction of sp³-hybridized carbons (Fsp3) is 0.538. The molecule has 84 valence electrons. The molecule has 0 atom stereocenters. The van der Waals surface area contributed by atoms with E-state index in [-0.39, 0.29) is 0 Å². The Morgan fingerprint density at radius 2 is 1.87 bits per heavy atom. The van der Waals surface area contributed by atoms with Gasteiger partial charge in [-0.3, -0.25) is 10.3 Å². The summed E-state index contributed by atoms with van der Waals surface area (Å²) in [4.78, 5) is 0. The molecule has 0 saturated heterocycles. The number of nitrogens with zero attached hydrogens (tertiary/aromatic N) is 1. The lowest BCUT2D eigenvalue weighted by Gasteiger charge is -2.19. The normalized spacial score (nSPS) is 10.3. The van der Waals surface area contributed by atoms with Crippen molar-refractivity contribution in [3.8, 4) is 0 Å². The van der Waals surface area contributed by atoms with E-state index in [1.165, 1.54) is 10.6 Å². The first-order chi connectivity index (χ1) is 7.29. The van der Waals surface area contributed by atoms with Gasteiger partial charge in [-0.1, -0.05) is 44.9 Å². The molecule has 2 nitrogen and oxygen atoms in total. The van der Waals surface area contributed by atoms with E-state index in [0.717, 1.165) is 37.9 Å². The Hall–Kier alpha value is -1.02. The standard InChI is InChI=1S/C13H21NO/c1-3-5-11-14(15)13-10-7-6-9-12(13)8-4-2/h6-7,9-10,15H,3-5,8,11H2,1-2H3. The molecule has 1 rings (SSSR count). The first-order valence-electron chi connectivity index (χ1n) is 5.83. The number of hydrogen-bond acceptors (Lipinski definition) is 2. The molecule has 0 saturated carbocycles. The molecule has 0 heterocycles. The van der Waals surface area contributed by atoms with E-state index < -0.39 is 0 Å². The van der Waals surface area contributed by atoms with Gasteiger partial charge in [0.2, 0.25) is 0 Å². The smallest absolute Gasteiger partial charge is 0.0666 e. The van der Waals surface area contributed by atoms with Gasteiger partial charge in [0.05, 0.1) is 5.69 Å². The zero-order valence-corrected chi connectivity index (χ0v) is 9.74. The lowest BCUT2D eigenvalue weighted by molar-refractivity contribution is 0.251. The van der Waals surface area contributed by atoms with Gasteiger partial charge in [-0.05, 0) is 24.5 Å². The van der Waals surface area contributed by atoms with Crippen LogP contribution in [0, 0.1) is 0 Å². The molecule has 0 aliphatic rings. The Labute approximate surface area is 92.5 Å². The van der Waals surface area contributed by atoms with Crippen molar-refractivity contribution in [2.24, 2.45) is 0 Å². The molecule has 1 aromatic carbocycles. The van der Waals surface area contributed by atoms with E-state index in [1.54, 1.807) is 0 Å². The van der Waals surface area contributed by atoms with Crippen LogP contribution in [0.5, 0.6) is 0 Å². The minimum Gasteiger partial charge on any atom is -0.288 e. The number of hydrogen-bond donors (Lipinski definition) is 1. The number of benzene rings is 1. The minimum absolute atomic E-state index is 0.719. The number of unbranched alkanes of at least 4 members (excludes halogenated alkanes) is 1. The third-order valence-electron chi connectivity index (χ3n) is 2.51. The third-order valence-corrected chi connectivity index (χ3v) is 2.51. The highest BCUT2D eigenvalue weighted by molar-refractivity contribution is 5.51. The second-order valence-corrected chi connectivity index (χ2v) is 3.86. The van der Waals surface area contributed by atoms with Crippen molar-refractivity contribution in [2.45, 2.75) is 39.5 Å². The van der Waals surface area contributed by atoms with Crippen LogP contribution in [-0.2, 0) is 6.42 Å². The van der Waals surface area contributed by atoms with Gasteiger partial charge in [-0.25, -0.2) is 0 Å². The zero-order valence-electron chi connectivity index (χ0n) is 9.74. The number of anilines is 1. The first kappa shape index (κ1) is 12.1. The van der Waals surface area contributed by atoms with E-state index in [0.29, 0.717) is 0 Å². The first-order valence-corrected chi connectivity index (χ1v) is 5.83. The molecular formula is C13H21NO. The number of hydroxylamine groups is 1. The van der Waals surface area contributed by atoms with Crippen molar-refractivity contribution >= 4 is 5.69 Å². The number of aryl methyl sites for hydroxylation is 1. The predicted octanol–water partition coefficient (Wildman–Crippen LogP) is 3.63. The SMILES string of the molecule is CCCCN(O)c1ccccc1CCC. The fourth-order valence-electron chi connectivity index (χ4n) is 1.67. The Balaban J connectivity index is 2.72. The maximum Gasteiger partial charge on any atom is 0.0666 e. The summed E-state index contributed by atoms with van der Waals surface area (Å²) in [6.45, 7) is 5.01. The number of rotatable bonds is 6. The van der Waals surface area contributed by atoms with Crippen molar-refractivity contribution in [3.63, 3.8) is 0 Å². The molecular weight excluding hydrogens is 186 g/mol. The van der Waals surface area contributed by atoms with Crippen LogP contribution in [0.15, 0.2) is 24.3 Å². The van der Waals surface area contributed by atoms with Crippen molar-refractivity contribution in [1.82, 2.24) is 0 Å². The third kappa shape index (κ3) is 3.56. The van der Waals surface area contributed by atoms with E-state index in [2.05, 4.69) is 19.9 Å². The average Bonchev–Trinajstić information content (AvgIpc) is 2.27. The minimum atomic E-state index is 0.719. The Morgan fingerprint density at radius 3 is 2.53 bits per heavy atom. The molecule has 0 aromatic heterocycles. The summed E-state index contributed by atoms with van der Waals surface area (Å²) in [7, 11) is 0. The van der Waals surface area contributed by atoms with Gasteiger partial charge in [0.1, 0.15) is 0 Å². The Bertz CT molecular complexity index is 286. The molecule has 1 N–H and O–H groups in total. The highest BCUT2D eigenvalue weighted by Gasteiger charge is 2.06. The predicted molar refractivity (Wildman–Crippen MR) is 64.5 cm³/mol. The number of para-hydroxylation sites is 1. The van der Waals surface area contributed by atoms with Crippen LogP contribution in [-0.4, -0.2) is 11.8 Å².